The van der Waals surface area contributed by atoms with Crippen molar-refractivity contribution < 1.29 is 4.79 Å². The van der Waals surface area contributed by atoms with Crippen LogP contribution in [0.2, 0.25) is 0 Å². The van der Waals surface area contributed by atoms with Crippen molar-refractivity contribution in [3.8, 4) is 0 Å². The number of rotatable bonds is 4. The molecule has 0 saturated carbocycles. The Hall–Kier alpha value is -1.62. The van der Waals surface area contributed by atoms with Gasteiger partial charge >= 0.3 is 6.03 Å². The molecule has 0 aromatic carbocycles. The highest BCUT2D eigenvalue weighted by Gasteiger charge is 2.26. The summed E-state index contributed by atoms with van der Waals surface area (Å²) in [6, 6.07) is 3.84. The zero-order valence-electron chi connectivity index (χ0n) is 12.1. The van der Waals surface area contributed by atoms with Crippen LogP contribution in [0.1, 0.15) is 32.6 Å². The summed E-state index contributed by atoms with van der Waals surface area (Å²) in [5.74, 6) is 0.555. The van der Waals surface area contributed by atoms with Crippen molar-refractivity contribution in [2.45, 2.75) is 38.6 Å². The van der Waals surface area contributed by atoms with Gasteiger partial charge in [0.15, 0.2) is 0 Å². The number of aromatic nitrogens is 1. The van der Waals surface area contributed by atoms with E-state index in [1.54, 1.807) is 24.5 Å². The quantitative estimate of drug-likeness (QED) is 0.887. The van der Waals surface area contributed by atoms with E-state index in [0.29, 0.717) is 5.92 Å². The Bertz CT molecular complexity index is 415. The predicted octanol–water partition coefficient (Wildman–Crippen LogP) is 2.45. The molecule has 0 bridgehead atoms. The summed E-state index contributed by atoms with van der Waals surface area (Å²) >= 11 is 0. The van der Waals surface area contributed by atoms with E-state index < -0.39 is 0 Å². The standard InChI is InChI=1S/C15H24N4O/c1-2-3-14(16)12-6-10-19(11-7-12)15(20)18-13-4-8-17-9-5-13/h4-5,8-9,12,14H,2-3,6-7,10-11,16H2,1H3,(H,17,18,20)/t14-/m1/s1. The molecule has 0 aliphatic carbocycles. The molecule has 0 spiro atoms. The maximum absolute atomic E-state index is 12.1. The molecule has 1 aliphatic heterocycles. The summed E-state index contributed by atoms with van der Waals surface area (Å²) in [5, 5.41) is 2.90. The van der Waals surface area contributed by atoms with Gasteiger partial charge in [0.05, 0.1) is 0 Å². The van der Waals surface area contributed by atoms with E-state index in [9.17, 15) is 4.79 Å². The molecule has 1 saturated heterocycles. The highest BCUT2D eigenvalue weighted by molar-refractivity contribution is 5.89. The highest BCUT2D eigenvalue weighted by Crippen LogP contribution is 2.22. The Labute approximate surface area is 120 Å². The molecule has 2 amide bonds. The number of amides is 2. The fourth-order valence-electron chi connectivity index (χ4n) is 2.74. The molecule has 1 fully saturated rings. The second kappa shape index (κ2) is 7.24. The number of urea groups is 1. The van der Waals surface area contributed by atoms with Gasteiger partial charge in [-0.3, -0.25) is 4.98 Å². The Kier molecular flexibility index (Phi) is 5.35. The van der Waals surface area contributed by atoms with E-state index >= 15 is 0 Å². The summed E-state index contributed by atoms with van der Waals surface area (Å²) in [4.78, 5) is 17.9. The van der Waals surface area contributed by atoms with Crippen molar-refractivity contribution in [2.75, 3.05) is 18.4 Å². The first-order valence-corrected chi connectivity index (χ1v) is 7.42. The molecule has 1 aromatic heterocycles. The molecule has 3 N–H and O–H groups in total. The number of nitrogens with one attached hydrogen (secondary N) is 1. The normalized spacial score (nSPS) is 17.8. The van der Waals surface area contributed by atoms with Crippen molar-refractivity contribution in [2.24, 2.45) is 11.7 Å². The van der Waals surface area contributed by atoms with E-state index in [1.165, 1.54) is 0 Å². The van der Waals surface area contributed by atoms with Gasteiger partial charge in [0, 0.05) is 37.2 Å². The number of hydrogen-bond donors (Lipinski definition) is 2. The Morgan fingerprint density at radius 3 is 2.70 bits per heavy atom. The number of carbonyl (C=O) groups is 1. The van der Waals surface area contributed by atoms with Crippen molar-refractivity contribution in [3.05, 3.63) is 24.5 Å². The Balaban J connectivity index is 1.80. The SMILES string of the molecule is CCC[C@@H](N)C1CCN(C(=O)Nc2ccncc2)CC1. The number of pyridine rings is 1. The molecular formula is C15H24N4O. The molecule has 0 unspecified atom stereocenters. The lowest BCUT2D eigenvalue weighted by molar-refractivity contribution is 0.172. The largest absolute Gasteiger partial charge is 0.327 e. The number of hydrogen-bond acceptors (Lipinski definition) is 3. The number of nitrogens with zero attached hydrogens (tertiary/aromatic N) is 2. The average molecular weight is 276 g/mol. The lowest BCUT2D eigenvalue weighted by Crippen LogP contribution is -2.44. The minimum atomic E-state index is -0.0290. The van der Waals surface area contributed by atoms with Crippen LogP contribution in [-0.2, 0) is 0 Å². The van der Waals surface area contributed by atoms with Crippen LogP contribution in [0.4, 0.5) is 10.5 Å². The summed E-state index contributed by atoms with van der Waals surface area (Å²) < 4.78 is 0. The van der Waals surface area contributed by atoms with Gasteiger partial charge < -0.3 is 16.0 Å². The monoisotopic (exact) mass is 276 g/mol. The van der Waals surface area contributed by atoms with Crippen LogP contribution in [-0.4, -0.2) is 35.0 Å². The smallest absolute Gasteiger partial charge is 0.321 e. The van der Waals surface area contributed by atoms with Crippen molar-refractivity contribution in [1.29, 1.82) is 0 Å². The second-order valence-corrected chi connectivity index (χ2v) is 5.44. The van der Waals surface area contributed by atoms with Crippen molar-refractivity contribution >= 4 is 11.7 Å². The predicted molar refractivity (Wildman–Crippen MR) is 80.4 cm³/mol. The number of piperidine rings is 1. The molecule has 5 heteroatoms. The van der Waals surface area contributed by atoms with Crippen LogP contribution in [0.25, 0.3) is 0 Å². The molecule has 20 heavy (non-hydrogen) atoms. The van der Waals surface area contributed by atoms with Gasteiger partial charge in [0.2, 0.25) is 0 Å². The first-order chi connectivity index (χ1) is 9.70. The third-order valence-corrected chi connectivity index (χ3v) is 3.99. The van der Waals surface area contributed by atoms with Crippen LogP contribution in [0.5, 0.6) is 0 Å². The van der Waals surface area contributed by atoms with Gasteiger partial charge in [-0.15, -0.1) is 0 Å². The molecule has 5 nitrogen and oxygen atoms in total. The lowest BCUT2D eigenvalue weighted by atomic mass is 9.88. The maximum atomic E-state index is 12.1. The first kappa shape index (κ1) is 14.8. The Morgan fingerprint density at radius 1 is 1.45 bits per heavy atom. The number of likely N-dealkylation sites (tertiary alicyclic amines) is 1. The molecule has 2 rings (SSSR count). The maximum Gasteiger partial charge on any atom is 0.321 e. The minimum Gasteiger partial charge on any atom is -0.327 e. The number of anilines is 1. The fourth-order valence-corrected chi connectivity index (χ4v) is 2.74. The van der Waals surface area contributed by atoms with Gasteiger partial charge in [-0.05, 0) is 37.3 Å². The van der Waals surface area contributed by atoms with Crippen molar-refractivity contribution in [1.82, 2.24) is 9.88 Å². The van der Waals surface area contributed by atoms with Gasteiger partial charge in [-0.1, -0.05) is 13.3 Å². The third-order valence-electron chi connectivity index (χ3n) is 3.99. The minimum absolute atomic E-state index is 0.0290. The van der Waals surface area contributed by atoms with E-state index in [1.807, 2.05) is 4.90 Å². The first-order valence-electron chi connectivity index (χ1n) is 7.42. The topological polar surface area (TPSA) is 71.2 Å². The Morgan fingerprint density at radius 2 is 2.10 bits per heavy atom. The molecule has 1 atom stereocenters. The lowest BCUT2D eigenvalue weighted by Gasteiger charge is -2.34. The summed E-state index contributed by atoms with van der Waals surface area (Å²) in [5.41, 5.74) is 6.96. The zero-order chi connectivity index (χ0) is 14.4. The second-order valence-electron chi connectivity index (χ2n) is 5.44. The van der Waals surface area contributed by atoms with Crippen LogP contribution in [0.15, 0.2) is 24.5 Å². The van der Waals surface area contributed by atoms with Gasteiger partial charge in [-0.25, -0.2) is 4.79 Å². The molecule has 2 heterocycles. The van der Waals surface area contributed by atoms with Crippen LogP contribution in [0, 0.1) is 5.92 Å². The zero-order valence-corrected chi connectivity index (χ0v) is 12.1. The summed E-state index contributed by atoms with van der Waals surface area (Å²) in [6.45, 7) is 3.75. The fraction of sp³-hybridized carbons (Fsp3) is 0.600. The van der Waals surface area contributed by atoms with Crippen LogP contribution >= 0.6 is 0 Å². The van der Waals surface area contributed by atoms with E-state index in [2.05, 4.69) is 17.2 Å². The third kappa shape index (κ3) is 3.93. The number of carbonyl (C=O) groups excluding carboxylic acids is 1. The van der Waals surface area contributed by atoms with Crippen molar-refractivity contribution in [3.63, 3.8) is 0 Å². The van der Waals surface area contributed by atoms with Gasteiger partial charge in [-0.2, -0.15) is 0 Å². The van der Waals surface area contributed by atoms with E-state index in [4.69, 9.17) is 5.73 Å². The van der Waals surface area contributed by atoms with E-state index in [0.717, 1.165) is 44.5 Å². The summed E-state index contributed by atoms with van der Waals surface area (Å²) in [7, 11) is 0. The molecular weight excluding hydrogens is 252 g/mol. The van der Waals surface area contributed by atoms with Gasteiger partial charge in [0.1, 0.15) is 0 Å². The molecule has 110 valence electrons. The van der Waals surface area contributed by atoms with Crippen LogP contribution in [0.3, 0.4) is 0 Å². The highest BCUT2D eigenvalue weighted by atomic mass is 16.2. The average Bonchev–Trinajstić information content (AvgIpc) is 2.48. The molecule has 0 radical (unpaired) electrons. The number of nitrogens with two attached hydrogens (primary N) is 1. The van der Waals surface area contributed by atoms with Gasteiger partial charge in [0.25, 0.3) is 0 Å². The van der Waals surface area contributed by atoms with Crippen LogP contribution < -0.4 is 11.1 Å². The summed E-state index contributed by atoms with van der Waals surface area (Å²) in [6.07, 6.45) is 7.56. The van der Waals surface area contributed by atoms with E-state index in [-0.39, 0.29) is 12.1 Å². The molecule has 1 aromatic rings. The molecule has 1 aliphatic rings.